The molecular formula is C25H21BrN2O3S2. The summed E-state index contributed by atoms with van der Waals surface area (Å²) in [6.07, 6.45) is 0. The number of carbonyl (C=O) groups is 1. The zero-order valence-corrected chi connectivity index (χ0v) is 20.7. The molecule has 1 amide bonds. The summed E-state index contributed by atoms with van der Waals surface area (Å²) in [6.45, 7) is 0. The van der Waals surface area contributed by atoms with Crippen LogP contribution in [0.1, 0.15) is 5.56 Å². The molecule has 0 aliphatic carbocycles. The molecule has 0 saturated heterocycles. The zero-order valence-electron chi connectivity index (χ0n) is 17.5. The molecule has 8 heteroatoms. The predicted octanol–water partition coefficient (Wildman–Crippen LogP) is 6.28. The first-order chi connectivity index (χ1) is 15.9. The third-order valence-electron chi connectivity index (χ3n) is 4.87. The molecule has 168 valence electrons. The molecule has 0 aromatic heterocycles. The number of halogens is 1. The van der Waals surface area contributed by atoms with Gasteiger partial charge in [0.2, 0.25) is 5.91 Å². The summed E-state index contributed by atoms with van der Waals surface area (Å²) in [5.74, 6) is 0.887. The standard InChI is InChI=1S/C25H21BrN2O3S2/c26-20-8-3-5-18(15-20)16-32-17-25(29)27-21-11-13-22(14-12-21)33(30,31)28-24-10-4-7-19-6-1-2-9-23(19)24/h1-15,28H,16-17H2,(H,27,29). The molecule has 0 heterocycles. The van der Waals surface area contributed by atoms with E-state index in [1.807, 2.05) is 60.7 Å². The van der Waals surface area contributed by atoms with E-state index in [2.05, 4.69) is 26.0 Å². The van der Waals surface area contributed by atoms with Gasteiger partial charge in [0.1, 0.15) is 0 Å². The fourth-order valence-electron chi connectivity index (χ4n) is 3.32. The van der Waals surface area contributed by atoms with Crippen molar-refractivity contribution in [2.75, 3.05) is 15.8 Å². The Morgan fingerprint density at radius 2 is 1.61 bits per heavy atom. The average molecular weight is 541 g/mol. The molecule has 0 spiro atoms. The Kier molecular flexibility index (Phi) is 7.37. The lowest BCUT2D eigenvalue weighted by Crippen LogP contribution is -2.15. The van der Waals surface area contributed by atoms with Gasteiger partial charge in [0.05, 0.1) is 16.3 Å². The second kappa shape index (κ2) is 10.4. The van der Waals surface area contributed by atoms with Crippen molar-refractivity contribution in [2.24, 2.45) is 0 Å². The first-order valence-corrected chi connectivity index (χ1v) is 13.6. The SMILES string of the molecule is O=C(CSCc1cccc(Br)c1)Nc1ccc(S(=O)(=O)Nc2cccc3ccccc23)cc1. The Morgan fingerprint density at radius 3 is 2.39 bits per heavy atom. The van der Waals surface area contributed by atoms with Crippen LogP contribution in [-0.2, 0) is 20.6 Å². The maximum Gasteiger partial charge on any atom is 0.261 e. The molecule has 0 unspecified atom stereocenters. The van der Waals surface area contributed by atoms with Gasteiger partial charge in [0.25, 0.3) is 10.0 Å². The van der Waals surface area contributed by atoms with Crippen LogP contribution in [-0.4, -0.2) is 20.1 Å². The van der Waals surface area contributed by atoms with Crippen LogP contribution in [0.15, 0.2) is 100 Å². The highest BCUT2D eigenvalue weighted by Gasteiger charge is 2.16. The van der Waals surface area contributed by atoms with Crippen molar-refractivity contribution < 1.29 is 13.2 Å². The first kappa shape index (κ1) is 23.4. The first-order valence-electron chi connectivity index (χ1n) is 10.1. The Labute approximate surface area is 205 Å². The molecular weight excluding hydrogens is 520 g/mol. The summed E-state index contributed by atoms with van der Waals surface area (Å²) in [6, 6.07) is 27.2. The number of nitrogens with one attached hydrogen (secondary N) is 2. The van der Waals surface area contributed by atoms with Crippen LogP contribution in [0, 0.1) is 0 Å². The molecule has 4 rings (SSSR count). The quantitative estimate of drug-likeness (QED) is 0.276. The molecule has 0 atom stereocenters. The van der Waals surface area contributed by atoms with Crippen molar-refractivity contribution in [3.8, 4) is 0 Å². The second-order valence-corrected chi connectivity index (χ2v) is 10.9. The van der Waals surface area contributed by atoms with Crippen molar-refractivity contribution in [2.45, 2.75) is 10.6 Å². The number of hydrogen-bond donors (Lipinski definition) is 2. The minimum absolute atomic E-state index is 0.123. The second-order valence-electron chi connectivity index (χ2n) is 7.33. The van der Waals surface area contributed by atoms with Crippen LogP contribution < -0.4 is 10.0 Å². The smallest absolute Gasteiger partial charge is 0.261 e. The molecule has 0 bridgehead atoms. The van der Waals surface area contributed by atoms with Crippen molar-refractivity contribution in [1.82, 2.24) is 0 Å². The van der Waals surface area contributed by atoms with E-state index in [-0.39, 0.29) is 10.8 Å². The number of carbonyl (C=O) groups excluding carboxylic acids is 1. The summed E-state index contributed by atoms with van der Waals surface area (Å²) in [5, 5.41) is 4.59. The lowest BCUT2D eigenvalue weighted by atomic mass is 10.1. The van der Waals surface area contributed by atoms with Crippen LogP contribution >= 0.6 is 27.7 Å². The highest BCUT2D eigenvalue weighted by molar-refractivity contribution is 9.10. The van der Waals surface area contributed by atoms with E-state index >= 15 is 0 Å². The van der Waals surface area contributed by atoms with Crippen LogP contribution in [0.2, 0.25) is 0 Å². The molecule has 2 N–H and O–H groups in total. The summed E-state index contributed by atoms with van der Waals surface area (Å²) in [4.78, 5) is 12.4. The Balaban J connectivity index is 1.36. The minimum Gasteiger partial charge on any atom is -0.325 e. The highest BCUT2D eigenvalue weighted by atomic mass is 79.9. The summed E-state index contributed by atoms with van der Waals surface area (Å²) >= 11 is 4.95. The van der Waals surface area contributed by atoms with Crippen LogP contribution in [0.5, 0.6) is 0 Å². The molecule has 4 aromatic rings. The van der Waals surface area contributed by atoms with Gasteiger partial charge in [-0.2, -0.15) is 0 Å². The normalized spacial score (nSPS) is 11.3. The van der Waals surface area contributed by atoms with E-state index < -0.39 is 10.0 Å². The molecule has 0 aliphatic rings. The fourth-order valence-corrected chi connectivity index (χ4v) is 5.62. The van der Waals surface area contributed by atoms with E-state index in [0.717, 1.165) is 26.6 Å². The van der Waals surface area contributed by atoms with Gasteiger partial charge in [-0.1, -0.05) is 64.5 Å². The van der Waals surface area contributed by atoms with Crippen molar-refractivity contribution in [1.29, 1.82) is 0 Å². The molecule has 33 heavy (non-hydrogen) atoms. The predicted molar refractivity (Wildman–Crippen MR) is 140 cm³/mol. The maximum absolute atomic E-state index is 12.9. The molecule has 4 aromatic carbocycles. The summed E-state index contributed by atoms with van der Waals surface area (Å²) in [7, 11) is -3.77. The summed E-state index contributed by atoms with van der Waals surface area (Å²) in [5.41, 5.74) is 2.20. The van der Waals surface area contributed by atoms with Gasteiger partial charge >= 0.3 is 0 Å². The van der Waals surface area contributed by atoms with Crippen LogP contribution in [0.4, 0.5) is 11.4 Å². The average Bonchev–Trinajstić information content (AvgIpc) is 2.80. The number of sulfonamides is 1. The van der Waals surface area contributed by atoms with E-state index in [9.17, 15) is 13.2 Å². The molecule has 0 radical (unpaired) electrons. The lowest BCUT2D eigenvalue weighted by molar-refractivity contribution is -0.113. The van der Waals surface area contributed by atoms with Gasteiger partial charge in [0, 0.05) is 21.3 Å². The molecule has 5 nitrogen and oxygen atoms in total. The Bertz CT molecular complexity index is 1390. The topological polar surface area (TPSA) is 75.3 Å². The summed E-state index contributed by atoms with van der Waals surface area (Å²) < 4.78 is 29.4. The number of anilines is 2. The third-order valence-corrected chi connectivity index (χ3v) is 7.75. The molecule has 0 saturated carbocycles. The number of thioether (sulfide) groups is 1. The van der Waals surface area contributed by atoms with Gasteiger partial charge in [-0.15, -0.1) is 11.8 Å². The number of benzene rings is 4. The Hall–Kier alpha value is -2.81. The monoisotopic (exact) mass is 540 g/mol. The van der Waals surface area contributed by atoms with E-state index in [1.165, 1.54) is 23.9 Å². The van der Waals surface area contributed by atoms with Crippen molar-refractivity contribution in [3.63, 3.8) is 0 Å². The third kappa shape index (κ3) is 6.16. The van der Waals surface area contributed by atoms with E-state index in [1.54, 1.807) is 18.2 Å². The van der Waals surface area contributed by atoms with Crippen LogP contribution in [0.3, 0.4) is 0 Å². The fraction of sp³-hybridized carbons (Fsp3) is 0.0800. The minimum atomic E-state index is -3.77. The number of amides is 1. The van der Waals surface area contributed by atoms with E-state index in [0.29, 0.717) is 17.1 Å². The zero-order chi connectivity index (χ0) is 23.3. The highest BCUT2D eigenvalue weighted by Crippen LogP contribution is 2.26. The van der Waals surface area contributed by atoms with E-state index in [4.69, 9.17) is 0 Å². The van der Waals surface area contributed by atoms with Crippen molar-refractivity contribution >= 4 is 65.8 Å². The van der Waals surface area contributed by atoms with Gasteiger partial charge in [0.15, 0.2) is 0 Å². The van der Waals surface area contributed by atoms with Gasteiger partial charge in [-0.3, -0.25) is 9.52 Å². The Morgan fingerprint density at radius 1 is 0.879 bits per heavy atom. The number of fused-ring (bicyclic) bond motifs is 1. The van der Waals surface area contributed by atoms with Gasteiger partial charge < -0.3 is 5.32 Å². The van der Waals surface area contributed by atoms with Crippen LogP contribution in [0.25, 0.3) is 10.8 Å². The van der Waals surface area contributed by atoms with Gasteiger partial charge in [-0.25, -0.2) is 8.42 Å². The lowest BCUT2D eigenvalue weighted by Gasteiger charge is -2.11. The number of rotatable bonds is 8. The van der Waals surface area contributed by atoms with Crippen molar-refractivity contribution in [3.05, 3.63) is 101 Å². The maximum atomic E-state index is 12.9. The molecule has 0 aliphatic heterocycles. The van der Waals surface area contributed by atoms with Gasteiger partial charge in [-0.05, 0) is 53.4 Å². The largest absolute Gasteiger partial charge is 0.325 e. The molecule has 0 fully saturated rings. The number of hydrogen-bond acceptors (Lipinski definition) is 4.